The molecule has 2 N–H and O–H groups in total. The van der Waals surface area contributed by atoms with Gasteiger partial charge in [-0.2, -0.15) is 0 Å². The number of halogens is 1. The van der Waals surface area contributed by atoms with Crippen LogP contribution in [-0.2, 0) is 0 Å². The highest BCUT2D eigenvalue weighted by atomic mass is 35.5. The van der Waals surface area contributed by atoms with Crippen LogP contribution in [0, 0.1) is 0 Å². The molecule has 1 aromatic heterocycles. The average Bonchev–Trinajstić information content (AvgIpc) is 2.99. The predicted molar refractivity (Wildman–Crippen MR) is 70.6 cm³/mol. The van der Waals surface area contributed by atoms with Crippen LogP contribution in [0.5, 0.6) is 0 Å². The van der Waals surface area contributed by atoms with Gasteiger partial charge in [0.1, 0.15) is 0 Å². The molecular weight excluding hydrogens is 252 g/mol. The lowest BCUT2D eigenvalue weighted by molar-refractivity contribution is 0.557. The van der Waals surface area contributed by atoms with Crippen molar-refractivity contribution in [3.8, 4) is 11.5 Å². The van der Waals surface area contributed by atoms with E-state index in [0.717, 1.165) is 13.1 Å². The summed E-state index contributed by atoms with van der Waals surface area (Å²) in [6.07, 6.45) is 2.33. The van der Waals surface area contributed by atoms with Crippen LogP contribution in [-0.4, -0.2) is 23.3 Å². The van der Waals surface area contributed by atoms with Crippen molar-refractivity contribution in [2.75, 3.05) is 23.7 Å². The van der Waals surface area contributed by atoms with Crippen molar-refractivity contribution in [3.63, 3.8) is 0 Å². The largest absolute Gasteiger partial charge is 0.403 e. The number of aromatic nitrogens is 2. The third kappa shape index (κ3) is 2.01. The van der Waals surface area contributed by atoms with E-state index in [0.29, 0.717) is 28.2 Å². The van der Waals surface area contributed by atoms with Crippen molar-refractivity contribution in [1.82, 2.24) is 10.2 Å². The molecule has 2 heterocycles. The Balaban J connectivity index is 1.92. The van der Waals surface area contributed by atoms with Crippen molar-refractivity contribution < 1.29 is 4.42 Å². The number of nitrogens with two attached hydrogens (primary N) is 1. The Morgan fingerprint density at radius 2 is 2.00 bits per heavy atom. The fourth-order valence-electron chi connectivity index (χ4n) is 2.07. The number of benzene rings is 1. The van der Waals surface area contributed by atoms with E-state index in [1.165, 1.54) is 12.8 Å². The van der Waals surface area contributed by atoms with Gasteiger partial charge in [-0.3, -0.25) is 0 Å². The highest BCUT2D eigenvalue weighted by Crippen LogP contribution is 2.30. The molecule has 3 rings (SSSR count). The van der Waals surface area contributed by atoms with Crippen LogP contribution in [0.3, 0.4) is 0 Å². The maximum Gasteiger partial charge on any atom is 0.318 e. The van der Waals surface area contributed by atoms with E-state index in [4.69, 9.17) is 21.8 Å². The Bertz CT molecular complexity index is 563. The monoisotopic (exact) mass is 264 g/mol. The van der Waals surface area contributed by atoms with Gasteiger partial charge in [-0.25, -0.2) is 0 Å². The maximum atomic E-state index is 6.11. The van der Waals surface area contributed by atoms with Crippen LogP contribution in [0.2, 0.25) is 5.02 Å². The standard InChI is InChI=1S/C12H13ClN4O/c13-10-7-8(14)3-4-9(10)11-15-16-12(18-11)17-5-1-2-6-17/h3-4,7H,1-2,5-6,14H2. The normalized spacial score (nSPS) is 15.3. The molecule has 1 aliphatic rings. The first-order valence-electron chi connectivity index (χ1n) is 5.88. The van der Waals surface area contributed by atoms with Gasteiger partial charge in [0, 0.05) is 18.8 Å². The smallest absolute Gasteiger partial charge is 0.318 e. The third-order valence-corrected chi connectivity index (χ3v) is 3.33. The molecule has 18 heavy (non-hydrogen) atoms. The average molecular weight is 265 g/mol. The van der Waals surface area contributed by atoms with Crippen molar-refractivity contribution in [2.24, 2.45) is 0 Å². The lowest BCUT2D eigenvalue weighted by atomic mass is 10.2. The molecular formula is C12H13ClN4O. The lowest BCUT2D eigenvalue weighted by Crippen LogP contribution is -2.17. The summed E-state index contributed by atoms with van der Waals surface area (Å²) in [5.74, 6) is 0.432. The van der Waals surface area contributed by atoms with Crippen LogP contribution in [0.25, 0.3) is 11.5 Å². The molecule has 0 unspecified atom stereocenters. The van der Waals surface area contributed by atoms with E-state index >= 15 is 0 Å². The Kier molecular flexibility index (Phi) is 2.83. The van der Waals surface area contributed by atoms with E-state index in [2.05, 4.69) is 15.1 Å². The molecule has 0 bridgehead atoms. The second-order valence-electron chi connectivity index (χ2n) is 4.32. The van der Waals surface area contributed by atoms with Crippen LogP contribution < -0.4 is 10.6 Å². The second-order valence-corrected chi connectivity index (χ2v) is 4.73. The van der Waals surface area contributed by atoms with Gasteiger partial charge < -0.3 is 15.1 Å². The maximum absolute atomic E-state index is 6.11. The molecule has 0 aliphatic carbocycles. The zero-order valence-corrected chi connectivity index (χ0v) is 10.5. The first-order chi connectivity index (χ1) is 8.74. The first-order valence-corrected chi connectivity index (χ1v) is 6.26. The molecule has 0 atom stereocenters. The van der Waals surface area contributed by atoms with Gasteiger partial charge in [-0.05, 0) is 31.0 Å². The molecule has 94 valence electrons. The summed E-state index contributed by atoms with van der Waals surface area (Å²) in [4.78, 5) is 2.09. The summed E-state index contributed by atoms with van der Waals surface area (Å²) in [6, 6.07) is 5.80. The molecule has 1 fully saturated rings. The Morgan fingerprint density at radius 3 is 2.72 bits per heavy atom. The van der Waals surface area contributed by atoms with Crippen LogP contribution in [0.4, 0.5) is 11.7 Å². The molecule has 0 spiro atoms. The number of nitrogens with zero attached hydrogens (tertiary/aromatic N) is 3. The molecule has 0 saturated carbocycles. The summed E-state index contributed by atoms with van der Waals surface area (Å²) in [6.45, 7) is 1.94. The Morgan fingerprint density at radius 1 is 1.22 bits per heavy atom. The minimum Gasteiger partial charge on any atom is -0.403 e. The van der Waals surface area contributed by atoms with Gasteiger partial charge in [0.2, 0.25) is 0 Å². The molecule has 1 saturated heterocycles. The minimum absolute atomic E-state index is 0.432. The first kappa shape index (κ1) is 11.3. The topological polar surface area (TPSA) is 68.2 Å². The zero-order valence-electron chi connectivity index (χ0n) is 9.77. The van der Waals surface area contributed by atoms with Gasteiger partial charge in [-0.15, -0.1) is 5.10 Å². The van der Waals surface area contributed by atoms with E-state index < -0.39 is 0 Å². The van der Waals surface area contributed by atoms with Crippen molar-refractivity contribution >= 4 is 23.3 Å². The van der Waals surface area contributed by atoms with Crippen molar-refractivity contribution in [2.45, 2.75) is 12.8 Å². The molecule has 5 nitrogen and oxygen atoms in total. The van der Waals surface area contributed by atoms with Gasteiger partial charge in [0.05, 0.1) is 10.6 Å². The van der Waals surface area contributed by atoms with Gasteiger partial charge in [0.25, 0.3) is 5.89 Å². The number of rotatable bonds is 2. The number of hydrogen-bond acceptors (Lipinski definition) is 5. The predicted octanol–water partition coefficient (Wildman–Crippen LogP) is 2.57. The van der Waals surface area contributed by atoms with Crippen LogP contribution in [0.1, 0.15) is 12.8 Å². The van der Waals surface area contributed by atoms with Crippen molar-refractivity contribution in [3.05, 3.63) is 23.2 Å². The molecule has 2 aromatic rings. The van der Waals surface area contributed by atoms with E-state index in [9.17, 15) is 0 Å². The minimum atomic E-state index is 0.432. The Hall–Kier alpha value is -1.75. The molecule has 6 heteroatoms. The summed E-state index contributed by atoms with van der Waals surface area (Å²) < 4.78 is 5.65. The van der Waals surface area contributed by atoms with Gasteiger partial charge >= 0.3 is 6.01 Å². The van der Waals surface area contributed by atoms with Gasteiger partial charge in [-0.1, -0.05) is 16.7 Å². The van der Waals surface area contributed by atoms with E-state index in [-0.39, 0.29) is 0 Å². The zero-order chi connectivity index (χ0) is 12.5. The molecule has 1 aliphatic heterocycles. The summed E-state index contributed by atoms with van der Waals surface area (Å²) in [5, 5.41) is 8.62. The SMILES string of the molecule is Nc1ccc(-c2nnc(N3CCCC3)o2)c(Cl)c1. The highest BCUT2D eigenvalue weighted by Gasteiger charge is 2.19. The van der Waals surface area contributed by atoms with Crippen LogP contribution in [0.15, 0.2) is 22.6 Å². The molecule has 0 amide bonds. The molecule has 1 aromatic carbocycles. The van der Waals surface area contributed by atoms with Crippen LogP contribution >= 0.6 is 11.6 Å². The second kappa shape index (κ2) is 4.49. The lowest BCUT2D eigenvalue weighted by Gasteiger charge is -2.09. The van der Waals surface area contributed by atoms with Gasteiger partial charge in [0.15, 0.2) is 0 Å². The fourth-order valence-corrected chi connectivity index (χ4v) is 2.34. The Labute approximate surface area is 110 Å². The quantitative estimate of drug-likeness (QED) is 0.845. The number of nitrogen functional groups attached to an aromatic ring is 1. The summed E-state index contributed by atoms with van der Waals surface area (Å²) in [5.41, 5.74) is 6.98. The summed E-state index contributed by atoms with van der Waals surface area (Å²) in [7, 11) is 0. The highest BCUT2D eigenvalue weighted by molar-refractivity contribution is 6.33. The van der Waals surface area contributed by atoms with E-state index in [1.807, 2.05) is 0 Å². The molecule has 0 radical (unpaired) electrons. The van der Waals surface area contributed by atoms with Crippen molar-refractivity contribution in [1.29, 1.82) is 0 Å². The third-order valence-electron chi connectivity index (χ3n) is 3.01. The summed E-state index contributed by atoms with van der Waals surface area (Å²) >= 11 is 6.11. The fraction of sp³-hybridized carbons (Fsp3) is 0.333. The number of anilines is 2. The number of hydrogen-bond donors (Lipinski definition) is 1. The van der Waals surface area contributed by atoms with E-state index in [1.54, 1.807) is 18.2 Å².